The highest BCUT2D eigenvalue weighted by Crippen LogP contribution is 2.73. The molecule has 1 aromatic rings. The second kappa shape index (κ2) is 5.03. The highest BCUT2D eigenvalue weighted by Gasteiger charge is 2.73. The quantitative estimate of drug-likeness (QED) is 0.202. The maximum Gasteiger partial charge on any atom is 0.313 e. The number of nitro groups is 1. The summed E-state index contributed by atoms with van der Waals surface area (Å²) in [7, 11) is 0. The Hall–Kier alpha value is -3.03. The first-order valence-electron chi connectivity index (χ1n) is 8.88. The van der Waals surface area contributed by atoms with Crippen molar-refractivity contribution in [1.29, 1.82) is 0 Å². The molecule has 1 aromatic carbocycles. The summed E-state index contributed by atoms with van der Waals surface area (Å²) in [4.78, 5) is 49.0. The summed E-state index contributed by atoms with van der Waals surface area (Å²) in [5.41, 5.74) is -0.218. The molecule has 8 nitrogen and oxygen atoms in total. The third-order valence-electron chi connectivity index (χ3n) is 6.50. The molecule has 8 heteroatoms. The SMILES string of the molecule is CC(=O)Oc1ccc(N2C(=O)[C@@H]3[C@@H](C2=O)[C@@H]2C=C[C@H]3C23CC3)cc1[N+](=O)[O-]. The first-order valence-corrected chi connectivity index (χ1v) is 8.88. The van der Waals surface area contributed by atoms with Gasteiger partial charge in [-0.3, -0.25) is 24.5 Å². The lowest BCUT2D eigenvalue weighted by molar-refractivity contribution is -0.385. The number of carbonyl (C=O) groups is 3. The lowest BCUT2D eigenvalue weighted by atomic mass is 9.85. The van der Waals surface area contributed by atoms with E-state index in [1.54, 1.807) is 0 Å². The van der Waals surface area contributed by atoms with Crippen LogP contribution in [0.2, 0.25) is 0 Å². The van der Waals surface area contributed by atoms with Crippen LogP contribution in [0.3, 0.4) is 0 Å². The van der Waals surface area contributed by atoms with Crippen LogP contribution in [0, 0.1) is 39.2 Å². The molecular formula is C19H16N2O6. The molecule has 3 fully saturated rings. The largest absolute Gasteiger partial charge is 0.419 e. The zero-order valence-corrected chi connectivity index (χ0v) is 14.5. The molecule has 0 radical (unpaired) electrons. The number of ether oxygens (including phenoxy) is 1. The van der Waals surface area contributed by atoms with Gasteiger partial charge in [0.15, 0.2) is 0 Å². The topological polar surface area (TPSA) is 107 Å². The summed E-state index contributed by atoms with van der Waals surface area (Å²) < 4.78 is 4.85. The predicted molar refractivity (Wildman–Crippen MR) is 91.7 cm³/mol. The van der Waals surface area contributed by atoms with E-state index in [2.05, 4.69) is 12.2 Å². The summed E-state index contributed by atoms with van der Waals surface area (Å²) in [6, 6.07) is 3.78. The smallest absolute Gasteiger partial charge is 0.313 e. The molecule has 2 amide bonds. The van der Waals surface area contributed by atoms with Gasteiger partial charge in [0.05, 0.1) is 22.4 Å². The van der Waals surface area contributed by atoms with Crippen molar-refractivity contribution >= 4 is 29.2 Å². The summed E-state index contributed by atoms with van der Waals surface area (Å²) >= 11 is 0. The van der Waals surface area contributed by atoms with E-state index >= 15 is 0 Å². The Morgan fingerprint density at radius 2 is 1.78 bits per heavy atom. The minimum Gasteiger partial charge on any atom is -0.419 e. The van der Waals surface area contributed by atoms with E-state index < -0.39 is 16.6 Å². The first-order chi connectivity index (χ1) is 12.8. The van der Waals surface area contributed by atoms with Crippen molar-refractivity contribution in [2.45, 2.75) is 19.8 Å². The van der Waals surface area contributed by atoms with Gasteiger partial charge in [-0.2, -0.15) is 0 Å². The van der Waals surface area contributed by atoms with Crippen molar-refractivity contribution in [3.63, 3.8) is 0 Å². The third-order valence-corrected chi connectivity index (χ3v) is 6.50. The number of hydrogen-bond donors (Lipinski definition) is 0. The minimum atomic E-state index is -0.696. The molecule has 1 aliphatic heterocycles. The molecule has 0 N–H and O–H groups in total. The van der Waals surface area contributed by atoms with Crippen LogP contribution in [0.15, 0.2) is 30.4 Å². The van der Waals surface area contributed by atoms with Crippen molar-refractivity contribution in [3.05, 3.63) is 40.5 Å². The number of carbonyl (C=O) groups excluding carboxylic acids is 3. The number of benzene rings is 1. The maximum atomic E-state index is 13.1. The fraction of sp³-hybridized carbons (Fsp3) is 0.421. The Balaban J connectivity index is 1.52. The molecular weight excluding hydrogens is 352 g/mol. The zero-order chi connectivity index (χ0) is 19.1. The number of anilines is 1. The van der Waals surface area contributed by atoms with Gasteiger partial charge in [0.25, 0.3) is 0 Å². The van der Waals surface area contributed by atoms with Crippen molar-refractivity contribution < 1.29 is 24.0 Å². The van der Waals surface area contributed by atoms with Crippen LogP contribution in [0.5, 0.6) is 5.75 Å². The Bertz CT molecular complexity index is 929. The summed E-state index contributed by atoms with van der Waals surface area (Å²) in [6.45, 7) is 1.14. The average molecular weight is 368 g/mol. The fourth-order valence-electron chi connectivity index (χ4n) is 5.36. The monoisotopic (exact) mass is 368 g/mol. The molecule has 5 rings (SSSR count). The molecule has 1 spiro atoms. The normalized spacial score (nSPS) is 31.5. The van der Waals surface area contributed by atoms with Gasteiger partial charge in [0.1, 0.15) is 0 Å². The second-order valence-electron chi connectivity index (χ2n) is 7.74. The van der Waals surface area contributed by atoms with E-state index in [0.717, 1.165) is 30.7 Å². The Kier molecular flexibility index (Phi) is 3.01. The van der Waals surface area contributed by atoms with Gasteiger partial charge < -0.3 is 4.74 Å². The summed E-state index contributed by atoms with van der Waals surface area (Å²) in [5, 5.41) is 11.4. The van der Waals surface area contributed by atoms with E-state index in [9.17, 15) is 24.5 Å². The highest BCUT2D eigenvalue weighted by molar-refractivity contribution is 6.23. The molecule has 2 bridgehead atoms. The van der Waals surface area contributed by atoms with Crippen LogP contribution in [-0.2, 0) is 14.4 Å². The van der Waals surface area contributed by atoms with Crippen molar-refractivity contribution in [3.8, 4) is 5.75 Å². The molecule has 1 saturated heterocycles. The first kappa shape index (κ1) is 16.2. The van der Waals surface area contributed by atoms with Gasteiger partial charge in [-0.1, -0.05) is 12.2 Å². The van der Waals surface area contributed by atoms with E-state index in [1.807, 2.05) is 0 Å². The third kappa shape index (κ3) is 1.95. The molecule has 138 valence electrons. The van der Waals surface area contributed by atoms with E-state index in [-0.39, 0.29) is 52.3 Å². The van der Waals surface area contributed by atoms with Gasteiger partial charge in [0, 0.05) is 13.0 Å². The number of allylic oxidation sites excluding steroid dienone is 2. The Labute approximate surface area is 153 Å². The molecule has 4 atom stereocenters. The summed E-state index contributed by atoms with van der Waals surface area (Å²) in [5.74, 6) is -2.05. The van der Waals surface area contributed by atoms with Gasteiger partial charge in [-0.25, -0.2) is 4.90 Å². The molecule has 27 heavy (non-hydrogen) atoms. The number of imide groups is 1. The molecule has 2 saturated carbocycles. The lowest BCUT2D eigenvalue weighted by Crippen LogP contribution is -2.34. The van der Waals surface area contributed by atoms with Crippen molar-refractivity contribution in [2.24, 2.45) is 29.1 Å². The van der Waals surface area contributed by atoms with Gasteiger partial charge in [-0.05, 0) is 42.2 Å². The number of nitro benzene ring substituents is 1. The Morgan fingerprint density at radius 1 is 1.19 bits per heavy atom. The number of rotatable bonds is 3. The summed E-state index contributed by atoms with van der Waals surface area (Å²) in [6.07, 6.45) is 6.23. The second-order valence-corrected chi connectivity index (χ2v) is 7.74. The van der Waals surface area contributed by atoms with Crippen LogP contribution >= 0.6 is 0 Å². The number of amides is 2. The molecule has 4 aliphatic rings. The molecule has 0 unspecified atom stereocenters. The Morgan fingerprint density at radius 3 is 2.26 bits per heavy atom. The van der Waals surface area contributed by atoms with Gasteiger partial charge in [0.2, 0.25) is 17.6 Å². The predicted octanol–water partition coefficient (Wildman–Crippen LogP) is 2.22. The van der Waals surface area contributed by atoms with E-state index in [1.165, 1.54) is 12.1 Å². The zero-order valence-electron chi connectivity index (χ0n) is 14.5. The standard InChI is InChI=1S/C19H16N2O6/c1-9(22)27-14-5-2-10(8-13(14)21(25)26)20-17(23)15-11-3-4-12(16(15)18(20)24)19(11)6-7-19/h2-5,8,11-12,15-16H,6-7H2,1H3/t11-,12+,15-,16-/m0/s1. The van der Waals surface area contributed by atoms with Crippen LogP contribution in [-0.4, -0.2) is 22.7 Å². The minimum absolute atomic E-state index is 0.0873. The van der Waals surface area contributed by atoms with Gasteiger partial charge in [-0.15, -0.1) is 0 Å². The number of nitrogens with zero attached hydrogens (tertiary/aromatic N) is 2. The number of hydrogen-bond acceptors (Lipinski definition) is 6. The van der Waals surface area contributed by atoms with Crippen LogP contribution in [0.4, 0.5) is 11.4 Å². The molecule has 1 heterocycles. The lowest BCUT2D eigenvalue weighted by Gasteiger charge is -2.21. The van der Waals surface area contributed by atoms with Crippen molar-refractivity contribution in [2.75, 3.05) is 4.90 Å². The van der Waals surface area contributed by atoms with Gasteiger partial charge >= 0.3 is 11.7 Å². The number of esters is 1. The van der Waals surface area contributed by atoms with Crippen LogP contribution < -0.4 is 9.64 Å². The number of fused-ring (bicyclic) bond motifs is 3. The van der Waals surface area contributed by atoms with Crippen molar-refractivity contribution in [1.82, 2.24) is 0 Å². The van der Waals surface area contributed by atoms with E-state index in [0.29, 0.717) is 0 Å². The fourth-order valence-corrected chi connectivity index (χ4v) is 5.36. The molecule has 0 aromatic heterocycles. The van der Waals surface area contributed by atoms with Crippen LogP contribution in [0.1, 0.15) is 19.8 Å². The maximum absolute atomic E-state index is 13.1. The van der Waals surface area contributed by atoms with Crippen LogP contribution in [0.25, 0.3) is 0 Å². The molecule has 3 aliphatic carbocycles. The highest BCUT2D eigenvalue weighted by atomic mass is 16.6. The average Bonchev–Trinajstić information content (AvgIpc) is 3.20. The van der Waals surface area contributed by atoms with E-state index in [4.69, 9.17) is 4.74 Å².